The van der Waals surface area contributed by atoms with Gasteiger partial charge in [-0.2, -0.15) is 10.4 Å². The fourth-order valence-electron chi connectivity index (χ4n) is 2.88. The molecule has 0 aliphatic rings. The number of hydrogen-bond donors (Lipinski definition) is 1. The van der Waals surface area contributed by atoms with Crippen molar-refractivity contribution in [2.24, 2.45) is 0 Å². The minimum Gasteiger partial charge on any atom is -0.452 e. The van der Waals surface area contributed by atoms with Crippen molar-refractivity contribution in [2.75, 3.05) is 11.9 Å². The molecule has 0 saturated carbocycles. The first kappa shape index (κ1) is 22.3. The Balaban J connectivity index is 1.61. The van der Waals surface area contributed by atoms with Crippen molar-refractivity contribution in [1.29, 1.82) is 5.26 Å². The molecule has 9 heteroatoms. The van der Waals surface area contributed by atoms with Gasteiger partial charge in [-0.05, 0) is 36.2 Å². The van der Waals surface area contributed by atoms with Crippen molar-refractivity contribution in [3.63, 3.8) is 0 Å². The third kappa shape index (κ3) is 5.63. The van der Waals surface area contributed by atoms with Gasteiger partial charge < -0.3 is 10.1 Å². The lowest BCUT2D eigenvalue weighted by atomic mass is 10.1. The number of carbonyl (C=O) groups is 2. The van der Waals surface area contributed by atoms with E-state index < -0.39 is 18.5 Å². The predicted octanol–water partition coefficient (Wildman–Crippen LogP) is 4.41. The summed E-state index contributed by atoms with van der Waals surface area (Å²) >= 11 is 12.5. The minimum absolute atomic E-state index is 0.0994. The van der Waals surface area contributed by atoms with Gasteiger partial charge in [0.2, 0.25) is 0 Å². The summed E-state index contributed by atoms with van der Waals surface area (Å²) < 4.78 is 6.57. The molecule has 1 N–H and O–H groups in total. The number of carbonyl (C=O) groups excluding carboxylic acids is 2. The predicted molar refractivity (Wildman–Crippen MR) is 117 cm³/mol. The average molecular weight is 457 g/mol. The minimum atomic E-state index is -0.743. The molecule has 0 aliphatic carbocycles. The monoisotopic (exact) mass is 456 g/mol. The Kier molecular flexibility index (Phi) is 7.29. The summed E-state index contributed by atoms with van der Waals surface area (Å²) in [6, 6.07) is 16.1. The normalized spacial score (nSPS) is 10.4. The van der Waals surface area contributed by atoms with Gasteiger partial charge in [0.05, 0.1) is 24.7 Å². The SMILES string of the molecule is Cc1nn(Cc2ccccc2Cl)c(Cl)c1C(=O)OCC(=O)Nc1ccc(CC#N)cc1. The van der Waals surface area contributed by atoms with E-state index in [1.807, 2.05) is 18.2 Å². The van der Waals surface area contributed by atoms with Crippen LogP contribution in [0.2, 0.25) is 10.2 Å². The van der Waals surface area contributed by atoms with E-state index in [4.69, 9.17) is 33.2 Å². The maximum Gasteiger partial charge on any atom is 0.343 e. The summed E-state index contributed by atoms with van der Waals surface area (Å²) in [5.41, 5.74) is 2.65. The number of amides is 1. The Morgan fingerprint density at radius 1 is 1.16 bits per heavy atom. The van der Waals surface area contributed by atoms with Crippen LogP contribution in [0.25, 0.3) is 0 Å². The first-order valence-corrected chi connectivity index (χ1v) is 10.0. The van der Waals surface area contributed by atoms with Crippen LogP contribution in [-0.2, 0) is 22.5 Å². The molecule has 3 aromatic rings. The molecule has 0 aliphatic heterocycles. The molecular weight excluding hydrogens is 439 g/mol. The van der Waals surface area contributed by atoms with Gasteiger partial charge in [0.25, 0.3) is 5.91 Å². The number of halogens is 2. The highest BCUT2D eigenvalue weighted by atomic mass is 35.5. The van der Waals surface area contributed by atoms with E-state index in [1.54, 1.807) is 37.3 Å². The summed E-state index contributed by atoms with van der Waals surface area (Å²) in [6.07, 6.45) is 0.288. The van der Waals surface area contributed by atoms with Crippen molar-refractivity contribution in [3.8, 4) is 6.07 Å². The highest BCUT2D eigenvalue weighted by molar-refractivity contribution is 6.33. The van der Waals surface area contributed by atoms with Crippen molar-refractivity contribution in [1.82, 2.24) is 9.78 Å². The number of nitrogens with zero attached hydrogens (tertiary/aromatic N) is 3. The molecule has 2 aromatic carbocycles. The van der Waals surface area contributed by atoms with Crippen LogP contribution in [0.1, 0.15) is 27.2 Å². The van der Waals surface area contributed by atoms with Crippen LogP contribution in [0.15, 0.2) is 48.5 Å². The van der Waals surface area contributed by atoms with Crippen molar-refractivity contribution < 1.29 is 14.3 Å². The molecule has 3 rings (SSSR count). The average Bonchev–Trinajstić information content (AvgIpc) is 3.02. The molecule has 0 unspecified atom stereocenters. The van der Waals surface area contributed by atoms with Crippen LogP contribution < -0.4 is 5.32 Å². The van der Waals surface area contributed by atoms with Crippen molar-refractivity contribution in [2.45, 2.75) is 19.9 Å². The molecule has 1 aromatic heterocycles. The fraction of sp³-hybridized carbons (Fsp3) is 0.182. The largest absolute Gasteiger partial charge is 0.452 e. The molecule has 0 bridgehead atoms. The number of ether oxygens (including phenoxy) is 1. The van der Waals surface area contributed by atoms with E-state index in [0.717, 1.165) is 11.1 Å². The molecule has 0 saturated heterocycles. The summed E-state index contributed by atoms with van der Waals surface area (Å²) in [5, 5.41) is 16.3. The van der Waals surface area contributed by atoms with E-state index in [0.29, 0.717) is 16.4 Å². The number of anilines is 1. The maximum absolute atomic E-state index is 12.5. The van der Waals surface area contributed by atoms with E-state index in [-0.39, 0.29) is 23.7 Å². The summed E-state index contributed by atoms with van der Waals surface area (Å²) in [4.78, 5) is 24.6. The third-order valence-corrected chi connectivity index (χ3v) is 5.16. The molecule has 7 nitrogen and oxygen atoms in total. The first-order chi connectivity index (χ1) is 14.9. The Morgan fingerprint density at radius 3 is 2.55 bits per heavy atom. The van der Waals surface area contributed by atoms with Crippen molar-refractivity contribution >= 4 is 40.8 Å². The van der Waals surface area contributed by atoms with Crippen LogP contribution in [0.3, 0.4) is 0 Å². The smallest absolute Gasteiger partial charge is 0.343 e. The number of aryl methyl sites for hydroxylation is 1. The lowest BCUT2D eigenvalue weighted by Gasteiger charge is -2.08. The second-order valence-electron chi connectivity index (χ2n) is 6.66. The number of rotatable bonds is 7. The molecule has 31 heavy (non-hydrogen) atoms. The number of nitrogens with one attached hydrogen (secondary N) is 1. The molecule has 1 heterocycles. The van der Waals surface area contributed by atoms with Crippen LogP contribution in [0.4, 0.5) is 5.69 Å². The molecule has 0 spiro atoms. The highest BCUT2D eigenvalue weighted by Crippen LogP contribution is 2.24. The van der Waals surface area contributed by atoms with Gasteiger partial charge in [-0.1, -0.05) is 53.5 Å². The Hall–Kier alpha value is -3.34. The first-order valence-electron chi connectivity index (χ1n) is 9.28. The van der Waals surface area contributed by atoms with Crippen LogP contribution in [0.5, 0.6) is 0 Å². The zero-order valence-electron chi connectivity index (χ0n) is 16.6. The summed E-state index contributed by atoms with van der Waals surface area (Å²) in [5.74, 6) is -1.24. The van der Waals surface area contributed by atoms with Gasteiger partial charge in [-0.25, -0.2) is 9.48 Å². The van der Waals surface area contributed by atoms with Gasteiger partial charge in [0, 0.05) is 10.7 Å². The van der Waals surface area contributed by atoms with Crippen LogP contribution >= 0.6 is 23.2 Å². The number of benzene rings is 2. The van der Waals surface area contributed by atoms with Gasteiger partial charge in [-0.15, -0.1) is 0 Å². The molecule has 0 atom stereocenters. The lowest BCUT2D eigenvalue weighted by molar-refractivity contribution is -0.119. The summed E-state index contributed by atoms with van der Waals surface area (Å²) in [6.45, 7) is 1.44. The van der Waals surface area contributed by atoms with Gasteiger partial charge in [0.15, 0.2) is 6.61 Å². The molecule has 158 valence electrons. The number of nitriles is 1. The second-order valence-corrected chi connectivity index (χ2v) is 7.42. The van der Waals surface area contributed by atoms with Gasteiger partial charge >= 0.3 is 5.97 Å². The molecule has 0 radical (unpaired) electrons. The standard InChI is InChI=1S/C22H18Cl2N4O3/c1-14-20(21(24)28(27-14)12-16-4-2-3-5-18(16)23)22(30)31-13-19(29)26-17-8-6-15(7-9-17)10-11-25/h2-9H,10,12-13H2,1H3,(H,26,29). The van der Waals surface area contributed by atoms with Gasteiger partial charge in [0.1, 0.15) is 10.7 Å². The topological polar surface area (TPSA) is 97.0 Å². The van der Waals surface area contributed by atoms with Crippen molar-refractivity contribution in [3.05, 3.63) is 81.1 Å². The van der Waals surface area contributed by atoms with Crippen LogP contribution in [-0.4, -0.2) is 28.3 Å². The Bertz CT molecular complexity index is 1150. The quantitative estimate of drug-likeness (QED) is 0.531. The Morgan fingerprint density at radius 2 is 1.87 bits per heavy atom. The summed E-state index contributed by atoms with van der Waals surface area (Å²) in [7, 11) is 0. The third-order valence-electron chi connectivity index (χ3n) is 4.40. The number of aromatic nitrogens is 2. The van der Waals surface area contributed by atoms with E-state index in [9.17, 15) is 9.59 Å². The zero-order valence-corrected chi connectivity index (χ0v) is 18.1. The molecular formula is C22H18Cl2N4O3. The molecule has 0 fully saturated rings. The lowest BCUT2D eigenvalue weighted by Crippen LogP contribution is -2.21. The van der Waals surface area contributed by atoms with Crippen LogP contribution in [0, 0.1) is 18.3 Å². The van der Waals surface area contributed by atoms with E-state index in [1.165, 1.54) is 4.68 Å². The number of esters is 1. The zero-order chi connectivity index (χ0) is 22.4. The highest BCUT2D eigenvalue weighted by Gasteiger charge is 2.23. The van der Waals surface area contributed by atoms with E-state index >= 15 is 0 Å². The van der Waals surface area contributed by atoms with Gasteiger partial charge in [-0.3, -0.25) is 4.79 Å². The molecule has 1 amide bonds. The van der Waals surface area contributed by atoms with E-state index in [2.05, 4.69) is 16.5 Å². The number of hydrogen-bond acceptors (Lipinski definition) is 5. The Labute approximate surface area is 189 Å². The fourth-order valence-corrected chi connectivity index (χ4v) is 3.38. The second kappa shape index (κ2) is 10.1. The maximum atomic E-state index is 12.5.